The molecular weight excluding hydrogens is 664 g/mol. The van der Waals surface area contributed by atoms with Gasteiger partial charge in [-0.25, -0.2) is 0 Å². The summed E-state index contributed by atoms with van der Waals surface area (Å²) >= 11 is 0. The first-order valence-corrected chi connectivity index (χ1v) is 15.6. The third-order valence-electron chi connectivity index (χ3n) is 7.45. The van der Waals surface area contributed by atoms with E-state index in [0.29, 0.717) is 4.90 Å². The van der Waals surface area contributed by atoms with Crippen molar-refractivity contribution in [3.63, 3.8) is 0 Å². The summed E-state index contributed by atoms with van der Waals surface area (Å²) < 4.78 is 0. The van der Waals surface area contributed by atoms with Crippen LogP contribution >= 0.6 is 14.5 Å². The van der Waals surface area contributed by atoms with Crippen LogP contribution < -0.4 is 69.2 Å². The van der Waals surface area contributed by atoms with Crippen LogP contribution in [0.15, 0.2) is 121 Å². The normalized spacial score (nSPS) is 14.5. The van der Waals surface area contributed by atoms with Crippen molar-refractivity contribution in [2.24, 2.45) is 0 Å². The fourth-order valence-corrected chi connectivity index (χ4v) is 17.8. The van der Waals surface area contributed by atoms with E-state index in [2.05, 4.69) is 135 Å². The smallest absolute Gasteiger partial charge is 0.196 e. The van der Waals surface area contributed by atoms with E-state index in [9.17, 15) is 0 Å². The second-order valence-electron chi connectivity index (χ2n) is 8.84. The molecule has 1 aliphatic carbocycles. The van der Waals surface area contributed by atoms with Crippen LogP contribution in [-0.4, -0.2) is 18.2 Å². The van der Waals surface area contributed by atoms with Gasteiger partial charge in [0.1, 0.15) is 35.7 Å². The summed E-state index contributed by atoms with van der Waals surface area (Å²) in [6.45, 7) is 5.24. The average molecular weight is 694 g/mol. The highest BCUT2D eigenvalue weighted by atomic mass is 127. The van der Waals surface area contributed by atoms with Gasteiger partial charge >= 0.3 is 0 Å². The lowest BCUT2D eigenvalue weighted by Gasteiger charge is -2.39. The maximum absolute atomic E-state index is 2.62. The summed E-state index contributed by atoms with van der Waals surface area (Å²) in [5, 5.41) is 6.15. The zero-order chi connectivity index (χ0) is 21.4. The van der Waals surface area contributed by atoms with E-state index in [1.165, 1.54) is 34.1 Å². The second kappa shape index (κ2) is 10.9. The number of benzene rings is 4. The van der Waals surface area contributed by atoms with E-state index in [4.69, 9.17) is 0 Å². The predicted octanol–water partition coefficient (Wildman–Crippen LogP) is 0.0813. The summed E-state index contributed by atoms with van der Waals surface area (Å²) in [4.78, 5) is 0.297. The minimum absolute atomic E-state index is 0. The van der Waals surface area contributed by atoms with Crippen LogP contribution in [0, 0.1) is 0 Å². The Morgan fingerprint density at radius 1 is 0.424 bits per heavy atom. The average Bonchev–Trinajstić information content (AvgIpc) is 3.68. The summed E-state index contributed by atoms with van der Waals surface area (Å²) in [5.41, 5.74) is 0. The first-order valence-electron chi connectivity index (χ1n) is 11.1. The Morgan fingerprint density at radius 2 is 0.636 bits per heavy atom. The fourth-order valence-electron chi connectivity index (χ4n) is 5.57. The van der Waals surface area contributed by atoms with Crippen LogP contribution in [0.1, 0.15) is 12.8 Å². The molecule has 0 atom stereocenters. The van der Waals surface area contributed by atoms with Crippen LogP contribution in [0.4, 0.5) is 0 Å². The van der Waals surface area contributed by atoms with Crippen LogP contribution in [0.3, 0.4) is 0 Å². The molecular formula is C29H30I2P2. The van der Waals surface area contributed by atoms with Gasteiger partial charge in [0.15, 0.2) is 4.90 Å². The highest BCUT2D eigenvalue weighted by molar-refractivity contribution is 8.06. The summed E-state index contributed by atoms with van der Waals surface area (Å²) in [7, 11) is -3.34. The molecule has 4 aromatic rings. The molecule has 5 rings (SSSR count). The third-order valence-corrected chi connectivity index (χ3v) is 19.4. The molecule has 1 aliphatic rings. The minimum Gasteiger partial charge on any atom is -1.00 e. The van der Waals surface area contributed by atoms with Crippen molar-refractivity contribution in [3.05, 3.63) is 121 Å². The molecule has 0 aliphatic heterocycles. The number of hydrogen-bond donors (Lipinski definition) is 0. The zero-order valence-corrected chi connectivity index (χ0v) is 25.2. The quantitative estimate of drug-likeness (QED) is 0.199. The van der Waals surface area contributed by atoms with Gasteiger partial charge in [0.05, 0.1) is 13.3 Å². The molecule has 0 N–H and O–H groups in total. The zero-order valence-electron chi connectivity index (χ0n) is 19.1. The Kier molecular flexibility index (Phi) is 8.82. The van der Waals surface area contributed by atoms with Crippen LogP contribution in [-0.2, 0) is 0 Å². The van der Waals surface area contributed by atoms with Crippen LogP contribution in [0.2, 0.25) is 0 Å². The molecule has 0 nitrogen and oxygen atoms in total. The first-order chi connectivity index (χ1) is 15.1. The summed E-state index contributed by atoms with van der Waals surface area (Å²) in [6, 6.07) is 45.6. The van der Waals surface area contributed by atoms with E-state index < -0.39 is 14.5 Å². The molecule has 0 saturated heterocycles. The number of hydrogen-bond acceptors (Lipinski definition) is 0. The highest BCUT2D eigenvalue weighted by Crippen LogP contribution is 2.91. The lowest BCUT2D eigenvalue weighted by atomic mass is 10.4. The van der Waals surface area contributed by atoms with E-state index in [0.717, 1.165) is 0 Å². The van der Waals surface area contributed by atoms with Gasteiger partial charge in [0.25, 0.3) is 0 Å². The Bertz CT molecular complexity index is 975. The molecule has 0 amide bonds. The SMILES string of the molecule is C[P+](c1ccccc1)(c1ccccc1)C1([P+](C)(c2ccccc2)c2ccccc2)CC1.[I-].[I-]. The molecule has 4 heteroatoms. The Morgan fingerprint density at radius 3 is 0.818 bits per heavy atom. The number of halogens is 2. The molecule has 0 radical (unpaired) electrons. The minimum atomic E-state index is -1.67. The van der Waals surface area contributed by atoms with Crippen LogP contribution in [0.5, 0.6) is 0 Å². The van der Waals surface area contributed by atoms with Gasteiger partial charge in [-0.3, -0.25) is 0 Å². The molecule has 170 valence electrons. The lowest BCUT2D eigenvalue weighted by Crippen LogP contribution is -3.00. The molecule has 33 heavy (non-hydrogen) atoms. The maximum Gasteiger partial charge on any atom is 0.196 e. The fraction of sp³-hybridized carbons (Fsp3) is 0.172. The van der Waals surface area contributed by atoms with Gasteiger partial charge < -0.3 is 48.0 Å². The van der Waals surface area contributed by atoms with Crippen molar-refractivity contribution in [3.8, 4) is 0 Å². The van der Waals surface area contributed by atoms with E-state index in [1.54, 1.807) is 0 Å². The van der Waals surface area contributed by atoms with E-state index in [1.807, 2.05) is 0 Å². The van der Waals surface area contributed by atoms with Gasteiger partial charge in [-0.2, -0.15) is 0 Å². The van der Waals surface area contributed by atoms with E-state index >= 15 is 0 Å². The topological polar surface area (TPSA) is 0 Å². The van der Waals surface area contributed by atoms with Crippen LogP contribution in [0.25, 0.3) is 0 Å². The van der Waals surface area contributed by atoms with Crippen molar-refractivity contribution >= 4 is 35.7 Å². The first kappa shape index (κ1) is 26.8. The molecule has 4 aromatic carbocycles. The Labute approximate surface area is 234 Å². The van der Waals surface area contributed by atoms with Crippen molar-refractivity contribution in [1.82, 2.24) is 0 Å². The van der Waals surface area contributed by atoms with Gasteiger partial charge in [0.2, 0.25) is 0 Å². The summed E-state index contributed by atoms with van der Waals surface area (Å²) in [5.74, 6) is 0. The Hall–Kier alpha value is -0.800. The van der Waals surface area contributed by atoms with Gasteiger partial charge in [-0.15, -0.1) is 0 Å². The lowest BCUT2D eigenvalue weighted by molar-refractivity contribution is -0.001000. The van der Waals surface area contributed by atoms with E-state index in [-0.39, 0.29) is 48.0 Å². The van der Waals surface area contributed by atoms with Gasteiger partial charge in [0, 0.05) is 12.8 Å². The van der Waals surface area contributed by atoms with Gasteiger partial charge in [-0.1, -0.05) is 72.8 Å². The predicted molar refractivity (Wildman–Crippen MR) is 142 cm³/mol. The highest BCUT2D eigenvalue weighted by Gasteiger charge is 2.80. The molecule has 0 bridgehead atoms. The summed E-state index contributed by atoms with van der Waals surface area (Å²) in [6.07, 6.45) is 2.60. The van der Waals surface area contributed by atoms with Crippen molar-refractivity contribution in [2.45, 2.75) is 17.7 Å². The van der Waals surface area contributed by atoms with Crippen molar-refractivity contribution < 1.29 is 48.0 Å². The second-order valence-corrected chi connectivity index (χ2v) is 17.0. The largest absolute Gasteiger partial charge is 1.00 e. The molecule has 0 heterocycles. The molecule has 0 aromatic heterocycles. The third kappa shape index (κ3) is 4.35. The Balaban J connectivity index is 0.00000153. The number of rotatable bonds is 6. The van der Waals surface area contributed by atoms with Gasteiger partial charge in [-0.05, 0) is 48.5 Å². The standard InChI is InChI=1S/C29H30P2.2HI/c1-30(25-15-7-3-8-16-25,26-17-9-4-10-18-26)29(23-24-29)31(2,27-19-11-5-12-20-27)28-21-13-6-14-22-28;;/h3-22H,23-24H2,1-2H3;2*1H/q+2;;/p-2. The maximum atomic E-state index is 2.62. The monoisotopic (exact) mass is 694 g/mol. The molecule has 0 unspecified atom stereocenters. The molecule has 1 saturated carbocycles. The van der Waals surface area contributed by atoms with Crippen molar-refractivity contribution in [2.75, 3.05) is 13.3 Å². The van der Waals surface area contributed by atoms with Crippen molar-refractivity contribution in [1.29, 1.82) is 0 Å². The molecule has 0 spiro atoms. The molecule has 1 fully saturated rings.